The third-order valence-electron chi connectivity index (χ3n) is 1.73. The van der Waals surface area contributed by atoms with E-state index in [-0.39, 0.29) is 0 Å². The SMILES string of the molecule is CN(C)CCCN=C1C=C(Cl)NN(Cl)N1. The van der Waals surface area contributed by atoms with Gasteiger partial charge >= 0.3 is 0 Å². The molecule has 0 saturated carbocycles. The molecule has 0 atom stereocenters. The van der Waals surface area contributed by atoms with Gasteiger partial charge in [-0.15, -0.1) is 0 Å². The van der Waals surface area contributed by atoms with Gasteiger partial charge in [-0.3, -0.25) is 15.8 Å². The summed E-state index contributed by atoms with van der Waals surface area (Å²) in [5.41, 5.74) is 5.44. The van der Waals surface area contributed by atoms with Crippen LogP contribution in [0.25, 0.3) is 0 Å². The van der Waals surface area contributed by atoms with Gasteiger partial charge in [-0.1, -0.05) is 11.6 Å². The van der Waals surface area contributed by atoms with Crippen LogP contribution in [-0.2, 0) is 0 Å². The molecule has 7 heteroatoms. The van der Waals surface area contributed by atoms with Crippen molar-refractivity contribution in [3.63, 3.8) is 0 Å². The molecule has 1 aliphatic rings. The predicted octanol–water partition coefficient (Wildman–Crippen LogP) is 0.895. The summed E-state index contributed by atoms with van der Waals surface area (Å²) in [5.74, 6) is 0.660. The molecule has 0 bridgehead atoms. The van der Waals surface area contributed by atoms with Crippen LogP contribution in [0.4, 0.5) is 0 Å². The van der Waals surface area contributed by atoms with Crippen molar-refractivity contribution in [1.29, 1.82) is 0 Å². The molecule has 0 aromatic heterocycles. The number of hydrazine groups is 2. The maximum atomic E-state index is 5.76. The van der Waals surface area contributed by atoms with Crippen molar-refractivity contribution in [2.45, 2.75) is 6.42 Å². The molecule has 1 rings (SSSR count). The molecule has 2 N–H and O–H groups in total. The minimum atomic E-state index is 0.440. The van der Waals surface area contributed by atoms with Crippen LogP contribution < -0.4 is 10.9 Å². The van der Waals surface area contributed by atoms with E-state index in [1.807, 2.05) is 14.1 Å². The second kappa shape index (κ2) is 6.17. The molecule has 15 heavy (non-hydrogen) atoms. The Morgan fingerprint density at radius 1 is 1.47 bits per heavy atom. The van der Waals surface area contributed by atoms with Gasteiger partial charge in [0.25, 0.3) is 0 Å². The summed E-state index contributed by atoms with van der Waals surface area (Å²) >= 11 is 11.4. The molecule has 0 amide bonds. The first-order valence-corrected chi connectivity index (χ1v) is 5.35. The number of nitrogens with zero attached hydrogens (tertiary/aromatic N) is 3. The summed E-state index contributed by atoms with van der Waals surface area (Å²) in [7, 11) is 4.07. The lowest BCUT2D eigenvalue weighted by Gasteiger charge is -2.22. The Morgan fingerprint density at radius 3 is 2.80 bits per heavy atom. The summed E-state index contributed by atoms with van der Waals surface area (Å²) in [4.78, 5) is 6.43. The maximum absolute atomic E-state index is 5.76. The van der Waals surface area contributed by atoms with Crippen LogP contribution in [0, 0.1) is 0 Å². The van der Waals surface area contributed by atoms with Crippen LogP contribution in [0.2, 0.25) is 0 Å². The van der Waals surface area contributed by atoms with Crippen molar-refractivity contribution in [3.8, 4) is 0 Å². The Bertz CT molecular complexity index is 264. The third kappa shape index (κ3) is 5.22. The molecule has 0 aromatic rings. The zero-order valence-electron chi connectivity index (χ0n) is 8.80. The molecule has 0 unspecified atom stereocenters. The Labute approximate surface area is 99.8 Å². The van der Waals surface area contributed by atoms with E-state index in [4.69, 9.17) is 23.4 Å². The largest absolute Gasteiger partial charge is 0.309 e. The summed E-state index contributed by atoms with van der Waals surface area (Å²) < 4.78 is 1.15. The average molecular weight is 252 g/mol. The first kappa shape index (κ1) is 12.6. The summed E-state index contributed by atoms with van der Waals surface area (Å²) in [6.45, 7) is 1.75. The van der Waals surface area contributed by atoms with Crippen molar-refractivity contribution in [2.75, 3.05) is 27.2 Å². The minimum Gasteiger partial charge on any atom is -0.309 e. The molecule has 1 aliphatic heterocycles. The van der Waals surface area contributed by atoms with E-state index in [2.05, 4.69) is 20.7 Å². The topological polar surface area (TPSA) is 42.9 Å². The lowest BCUT2D eigenvalue weighted by atomic mass is 10.4. The molecule has 86 valence electrons. The quantitative estimate of drug-likeness (QED) is 0.443. The smallest absolute Gasteiger partial charge is 0.141 e. The highest BCUT2D eigenvalue weighted by molar-refractivity contribution is 6.31. The fourth-order valence-electron chi connectivity index (χ4n) is 1.07. The number of nitrogens with one attached hydrogen (secondary N) is 2. The van der Waals surface area contributed by atoms with E-state index in [1.165, 1.54) is 0 Å². The number of hydrogen-bond acceptors (Lipinski definition) is 4. The minimum absolute atomic E-state index is 0.440. The average Bonchev–Trinajstić information content (AvgIpc) is 2.10. The first-order chi connectivity index (χ1) is 7.08. The van der Waals surface area contributed by atoms with Gasteiger partial charge in [-0.2, -0.15) is 0 Å². The fourth-order valence-corrected chi connectivity index (χ4v) is 1.48. The van der Waals surface area contributed by atoms with E-state index in [0.29, 0.717) is 11.0 Å². The molecular formula is C8H15Cl2N5. The Balaban J connectivity index is 2.35. The maximum Gasteiger partial charge on any atom is 0.141 e. The normalized spacial score (nSPS) is 20.1. The predicted molar refractivity (Wildman–Crippen MR) is 63.4 cm³/mol. The van der Waals surface area contributed by atoms with Crippen LogP contribution >= 0.6 is 23.4 Å². The van der Waals surface area contributed by atoms with Gasteiger partial charge in [0.15, 0.2) is 0 Å². The second-order valence-corrected chi connectivity index (χ2v) is 4.17. The summed E-state index contributed by atoms with van der Waals surface area (Å²) in [5, 5.41) is 0.440. The van der Waals surface area contributed by atoms with Crippen LogP contribution in [0.5, 0.6) is 0 Å². The van der Waals surface area contributed by atoms with Gasteiger partial charge in [0.05, 0.1) is 0 Å². The van der Waals surface area contributed by atoms with E-state index in [9.17, 15) is 0 Å². The monoisotopic (exact) mass is 251 g/mol. The highest BCUT2D eigenvalue weighted by Crippen LogP contribution is 2.04. The lowest BCUT2D eigenvalue weighted by Crippen LogP contribution is -2.46. The van der Waals surface area contributed by atoms with Gasteiger partial charge in [0.1, 0.15) is 11.0 Å². The first-order valence-electron chi connectivity index (χ1n) is 4.63. The van der Waals surface area contributed by atoms with Crippen molar-refractivity contribution in [3.05, 3.63) is 11.2 Å². The standard InChI is InChI=1S/C8H15Cl2N5/c1-14(2)5-3-4-11-8-6-7(9)12-15(10)13-8/h6,12H,3-5H2,1-2H3,(H,11,13). The van der Waals surface area contributed by atoms with Gasteiger partial charge in [0.2, 0.25) is 0 Å². The molecule has 0 aromatic carbocycles. The van der Waals surface area contributed by atoms with Gasteiger partial charge in [-0.25, -0.2) is 0 Å². The van der Waals surface area contributed by atoms with Gasteiger partial charge in [-0.05, 0) is 31.7 Å². The summed E-state index contributed by atoms with van der Waals surface area (Å²) in [6, 6.07) is 0. The number of hydrogen-bond donors (Lipinski definition) is 2. The third-order valence-corrected chi connectivity index (χ3v) is 2.09. The summed E-state index contributed by atoms with van der Waals surface area (Å²) in [6.07, 6.45) is 2.69. The fraction of sp³-hybridized carbons (Fsp3) is 0.625. The lowest BCUT2D eigenvalue weighted by molar-refractivity contribution is 0.337. The molecule has 0 spiro atoms. The zero-order chi connectivity index (χ0) is 11.3. The second-order valence-electron chi connectivity index (χ2n) is 3.42. The van der Waals surface area contributed by atoms with Crippen LogP contribution in [0.1, 0.15) is 6.42 Å². The van der Waals surface area contributed by atoms with Crippen LogP contribution in [0.3, 0.4) is 0 Å². The van der Waals surface area contributed by atoms with E-state index in [1.54, 1.807) is 6.08 Å². The van der Waals surface area contributed by atoms with Crippen molar-refractivity contribution >= 4 is 29.2 Å². The van der Waals surface area contributed by atoms with Gasteiger partial charge < -0.3 is 4.90 Å². The molecular weight excluding hydrogens is 237 g/mol. The van der Waals surface area contributed by atoms with Crippen LogP contribution in [-0.4, -0.2) is 42.6 Å². The molecule has 5 nitrogen and oxygen atoms in total. The van der Waals surface area contributed by atoms with E-state index >= 15 is 0 Å². The van der Waals surface area contributed by atoms with E-state index < -0.39 is 0 Å². The van der Waals surface area contributed by atoms with Crippen LogP contribution in [0.15, 0.2) is 16.2 Å². The van der Waals surface area contributed by atoms with Crippen molar-refractivity contribution in [1.82, 2.24) is 20.4 Å². The number of amidine groups is 1. The van der Waals surface area contributed by atoms with Gasteiger partial charge in [0, 0.05) is 24.4 Å². The molecule has 0 radical (unpaired) electrons. The molecule has 0 fully saturated rings. The molecule has 0 saturated heterocycles. The Hall–Kier alpha value is -0.490. The Kier molecular flexibility index (Phi) is 5.17. The number of halogens is 2. The molecule has 0 aliphatic carbocycles. The van der Waals surface area contributed by atoms with E-state index in [0.717, 1.165) is 24.1 Å². The van der Waals surface area contributed by atoms with Crippen molar-refractivity contribution in [2.24, 2.45) is 4.99 Å². The number of rotatable bonds is 4. The van der Waals surface area contributed by atoms with Crippen molar-refractivity contribution < 1.29 is 0 Å². The molecule has 1 heterocycles. The highest BCUT2D eigenvalue weighted by Gasteiger charge is 2.10. The Morgan fingerprint density at radius 2 is 2.20 bits per heavy atom. The highest BCUT2D eigenvalue weighted by atomic mass is 35.5. The zero-order valence-corrected chi connectivity index (χ0v) is 10.3. The number of aliphatic imine (C=N–C) groups is 1.